The van der Waals surface area contributed by atoms with E-state index in [0.29, 0.717) is 12.2 Å². The molecule has 24 heavy (non-hydrogen) atoms. The molecule has 1 aromatic heterocycles. The molecule has 2 aromatic rings. The van der Waals surface area contributed by atoms with Crippen molar-refractivity contribution in [1.82, 2.24) is 10.3 Å². The predicted octanol–water partition coefficient (Wildman–Crippen LogP) is 2.52. The number of carbonyl (C=O) groups excluding carboxylic acids is 1. The van der Waals surface area contributed by atoms with E-state index in [0.717, 1.165) is 31.5 Å². The summed E-state index contributed by atoms with van der Waals surface area (Å²) in [5, 5.41) is 14.1. The number of nitrogens with one attached hydrogen (secondary N) is 1. The number of aromatic nitrogens is 1. The summed E-state index contributed by atoms with van der Waals surface area (Å²) in [5.41, 5.74) is 1.72. The number of nitro benzene ring substituents is 1. The lowest BCUT2D eigenvalue weighted by Crippen LogP contribution is -2.24. The zero-order chi connectivity index (χ0) is 16.9. The molecule has 0 unspecified atom stereocenters. The van der Waals surface area contributed by atoms with E-state index in [-0.39, 0.29) is 17.2 Å². The number of anilines is 1. The Kier molecular flexibility index (Phi) is 4.69. The van der Waals surface area contributed by atoms with Crippen LogP contribution >= 0.6 is 0 Å². The van der Waals surface area contributed by atoms with Gasteiger partial charge in [-0.05, 0) is 36.6 Å². The Balaban J connectivity index is 1.76. The molecule has 0 radical (unpaired) electrons. The first kappa shape index (κ1) is 15.9. The number of hydrogen-bond acceptors (Lipinski definition) is 5. The van der Waals surface area contributed by atoms with E-state index in [4.69, 9.17) is 0 Å². The molecule has 1 aliphatic heterocycles. The lowest BCUT2D eigenvalue weighted by Gasteiger charge is -2.17. The van der Waals surface area contributed by atoms with Crippen molar-refractivity contribution in [3.63, 3.8) is 0 Å². The van der Waals surface area contributed by atoms with Crippen LogP contribution in [0.25, 0.3) is 0 Å². The minimum Gasteiger partial charge on any atom is -0.366 e. The van der Waals surface area contributed by atoms with Crippen LogP contribution in [0.2, 0.25) is 0 Å². The fraction of sp³-hybridized carbons (Fsp3) is 0.294. The van der Waals surface area contributed by atoms with Crippen LogP contribution in [0.3, 0.4) is 0 Å². The van der Waals surface area contributed by atoms with E-state index in [1.165, 1.54) is 6.07 Å². The van der Waals surface area contributed by atoms with Crippen molar-refractivity contribution in [1.29, 1.82) is 0 Å². The summed E-state index contributed by atoms with van der Waals surface area (Å²) in [7, 11) is 0. The third-order valence-electron chi connectivity index (χ3n) is 4.06. The maximum Gasteiger partial charge on any atom is 0.293 e. The second-order valence-corrected chi connectivity index (χ2v) is 5.70. The van der Waals surface area contributed by atoms with Crippen molar-refractivity contribution in [2.45, 2.75) is 19.4 Å². The summed E-state index contributed by atoms with van der Waals surface area (Å²) in [6, 6.07) is 8.30. The van der Waals surface area contributed by atoms with Gasteiger partial charge in [0.25, 0.3) is 11.6 Å². The Hall–Kier alpha value is -2.96. The summed E-state index contributed by atoms with van der Waals surface area (Å²) in [6.07, 6.45) is 5.39. The first-order chi connectivity index (χ1) is 11.6. The van der Waals surface area contributed by atoms with Crippen molar-refractivity contribution in [3.8, 4) is 0 Å². The molecular weight excluding hydrogens is 308 g/mol. The molecule has 1 fully saturated rings. The van der Waals surface area contributed by atoms with E-state index in [1.807, 2.05) is 11.0 Å². The largest absolute Gasteiger partial charge is 0.366 e. The van der Waals surface area contributed by atoms with E-state index >= 15 is 0 Å². The number of nitro groups is 1. The molecule has 2 heterocycles. The molecule has 0 spiro atoms. The van der Waals surface area contributed by atoms with Gasteiger partial charge in [0.2, 0.25) is 0 Å². The van der Waals surface area contributed by atoms with Crippen LogP contribution in [0.15, 0.2) is 42.7 Å². The van der Waals surface area contributed by atoms with Crippen LogP contribution < -0.4 is 10.2 Å². The van der Waals surface area contributed by atoms with Crippen molar-refractivity contribution < 1.29 is 9.72 Å². The van der Waals surface area contributed by atoms with Gasteiger partial charge in [-0.2, -0.15) is 0 Å². The lowest BCUT2D eigenvalue weighted by atomic mass is 10.1. The Morgan fingerprint density at radius 2 is 2.08 bits per heavy atom. The Morgan fingerprint density at radius 3 is 2.75 bits per heavy atom. The molecule has 3 rings (SSSR count). The van der Waals surface area contributed by atoms with Crippen LogP contribution in [-0.2, 0) is 6.54 Å². The summed E-state index contributed by atoms with van der Waals surface area (Å²) in [4.78, 5) is 29.2. The normalized spacial score (nSPS) is 13.8. The maximum atomic E-state index is 12.3. The Bertz CT molecular complexity index is 743. The fourth-order valence-electron chi connectivity index (χ4n) is 2.82. The van der Waals surface area contributed by atoms with Gasteiger partial charge in [-0.25, -0.2) is 0 Å². The molecule has 1 amide bonds. The number of hydrogen-bond donors (Lipinski definition) is 1. The van der Waals surface area contributed by atoms with E-state index < -0.39 is 4.92 Å². The van der Waals surface area contributed by atoms with Crippen molar-refractivity contribution in [3.05, 3.63) is 64.0 Å². The highest BCUT2D eigenvalue weighted by Crippen LogP contribution is 2.31. The zero-order valence-electron chi connectivity index (χ0n) is 13.1. The van der Waals surface area contributed by atoms with Gasteiger partial charge in [0.15, 0.2) is 0 Å². The second-order valence-electron chi connectivity index (χ2n) is 5.70. The highest BCUT2D eigenvalue weighted by Gasteiger charge is 2.23. The summed E-state index contributed by atoms with van der Waals surface area (Å²) >= 11 is 0. The monoisotopic (exact) mass is 326 g/mol. The number of pyridine rings is 1. The van der Waals surface area contributed by atoms with E-state index in [1.54, 1.807) is 30.6 Å². The second kappa shape index (κ2) is 7.08. The first-order valence-electron chi connectivity index (χ1n) is 7.85. The predicted molar refractivity (Wildman–Crippen MR) is 90.0 cm³/mol. The number of nitrogens with zero attached hydrogens (tertiary/aromatic N) is 3. The quantitative estimate of drug-likeness (QED) is 0.674. The van der Waals surface area contributed by atoms with Gasteiger partial charge in [0, 0.05) is 43.7 Å². The summed E-state index contributed by atoms with van der Waals surface area (Å²) in [5.74, 6) is -0.338. The lowest BCUT2D eigenvalue weighted by molar-refractivity contribution is -0.384. The standard InChI is InChI=1S/C17H18N4O3/c22-17(19-12-13-4-3-7-18-11-13)14-5-6-15(16(10-14)21(23)24)20-8-1-2-9-20/h3-7,10-11H,1-2,8-9,12H2,(H,19,22). The van der Waals surface area contributed by atoms with Gasteiger partial charge < -0.3 is 10.2 Å². The maximum absolute atomic E-state index is 12.3. The average molecular weight is 326 g/mol. The van der Waals surface area contributed by atoms with Crippen LogP contribution in [0.1, 0.15) is 28.8 Å². The summed E-state index contributed by atoms with van der Waals surface area (Å²) in [6.45, 7) is 1.95. The molecule has 1 N–H and O–H groups in total. The third kappa shape index (κ3) is 3.51. The van der Waals surface area contributed by atoms with Crippen LogP contribution in [0, 0.1) is 10.1 Å². The minimum atomic E-state index is -0.425. The number of amides is 1. The van der Waals surface area contributed by atoms with E-state index in [9.17, 15) is 14.9 Å². The smallest absolute Gasteiger partial charge is 0.293 e. The molecule has 7 nitrogen and oxygen atoms in total. The topological polar surface area (TPSA) is 88.4 Å². The average Bonchev–Trinajstić information content (AvgIpc) is 3.14. The molecule has 7 heteroatoms. The van der Waals surface area contributed by atoms with Crippen LogP contribution in [0.4, 0.5) is 11.4 Å². The molecule has 1 aromatic carbocycles. The van der Waals surface area contributed by atoms with Crippen LogP contribution in [0.5, 0.6) is 0 Å². The highest BCUT2D eigenvalue weighted by atomic mass is 16.6. The fourth-order valence-corrected chi connectivity index (χ4v) is 2.82. The molecular formula is C17H18N4O3. The van der Waals surface area contributed by atoms with Gasteiger partial charge in [-0.15, -0.1) is 0 Å². The highest BCUT2D eigenvalue weighted by molar-refractivity contribution is 5.95. The minimum absolute atomic E-state index is 0.0223. The molecule has 1 saturated heterocycles. The molecule has 1 aliphatic rings. The number of rotatable bonds is 5. The SMILES string of the molecule is O=C(NCc1cccnc1)c1ccc(N2CCCC2)c([N+](=O)[O-])c1. The molecule has 124 valence electrons. The number of carbonyl (C=O) groups is 1. The number of benzene rings is 1. The molecule has 0 aliphatic carbocycles. The van der Waals surface area contributed by atoms with Crippen molar-refractivity contribution in [2.24, 2.45) is 0 Å². The zero-order valence-corrected chi connectivity index (χ0v) is 13.1. The third-order valence-corrected chi connectivity index (χ3v) is 4.06. The summed E-state index contributed by atoms with van der Waals surface area (Å²) < 4.78 is 0. The first-order valence-corrected chi connectivity index (χ1v) is 7.85. The van der Waals surface area contributed by atoms with Gasteiger partial charge in [0.05, 0.1) is 4.92 Å². The van der Waals surface area contributed by atoms with Gasteiger partial charge >= 0.3 is 0 Å². The molecule has 0 bridgehead atoms. The van der Waals surface area contributed by atoms with E-state index in [2.05, 4.69) is 10.3 Å². The van der Waals surface area contributed by atoms with Gasteiger partial charge in [-0.3, -0.25) is 19.9 Å². The van der Waals surface area contributed by atoms with Gasteiger partial charge in [-0.1, -0.05) is 6.07 Å². The Morgan fingerprint density at radius 1 is 1.29 bits per heavy atom. The Labute approximate surface area is 139 Å². The van der Waals surface area contributed by atoms with Gasteiger partial charge in [0.1, 0.15) is 5.69 Å². The molecule has 0 atom stereocenters. The van der Waals surface area contributed by atoms with Crippen LogP contribution in [-0.4, -0.2) is 28.9 Å². The van der Waals surface area contributed by atoms with Crippen molar-refractivity contribution in [2.75, 3.05) is 18.0 Å². The molecule has 0 saturated carbocycles. The van der Waals surface area contributed by atoms with Crippen molar-refractivity contribution >= 4 is 17.3 Å².